The van der Waals surface area contributed by atoms with E-state index in [1.54, 1.807) is 0 Å². The van der Waals surface area contributed by atoms with Gasteiger partial charge in [-0.05, 0) is 32.4 Å². The molecular weight excluding hydrogens is 374 g/mol. The number of carbonyl (C=O) groups excluding carboxylic acids is 1. The van der Waals surface area contributed by atoms with Crippen LogP contribution in [0.15, 0.2) is 65.2 Å². The molecule has 1 fully saturated rings. The third kappa shape index (κ3) is 4.97. The van der Waals surface area contributed by atoms with Gasteiger partial charge in [0.1, 0.15) is 0 Å². The quantitative estimate of drug-likeness (QED) is 0.600. The fourth-order valence-electron chi connectivity index (χ4n) is 4.17. The lowest BCUT2D eigenvalue weighted by Crippen LogP contribution is -2.33. The highest BCUT2D eigenvalue weighted by Gasteiger charge is 2.25. The zero-order valence-corrected chi connectivity index (χ0v) is 17.8. The Morgan fingerprint density at radius 3 is 2.73 bits per heavy atom. The minimum absolute atomic E-state index is 0.250. The maximum absolute atomic E-state index is 12.7. The number of aromatic nitrogens is 1. The van der Waals surface area contributed by atoms with Crippen molar-refractivity contribution in [3.8, 4) is 11.3 Å². The van der Waals surface area contributed by atoms with Crippen LogP contribution in [0.2, 0.25) is 0 Å². The van der Waals surface area contributed by atoms with Gasteiger partial charge in [0, 0.05) is 43.7 Å². The molecule has 0 N–H and O–H groups in total. The maximum Gasteiger partial charge on any atom is 0.222 e. The summed E-state index contributed by atoms with van der Waals surface area (Å²) in [6.45, 7) is 4.29. The molecule has 3 aromatic rings. The van der Waals surface area contributed by atoms with Crippen LogP contribution in [-0.4, -0.2) is 40.5 Å². The second kappa shape index (κ2) is 9.26. The highest BCUT2D eigenvalue weighted by atomic mass is 16.5. The Hall–Kier alpha value is -2.92. The minimum Gasteiger partial charge on any atom is -0.356 e. The summed E-state index contributed by atoms with van der Waals surface area (Å²) in [4.78, 5) is 17.0. The van der Waals surface area contributed by atoms with Crippen molar-refractivity contribution in [3.63, 3.8) is 0 Å². The average Bonchev–Trinajstić information content (AvgIpc) is 3.13. The number of hydrogen-bond donors (Lipinski definition) is 0. The maximum atomic E-state index is 12.7. The van der Waals surface area contributed by atoms with Crippen molar-refractivity contribution in [2.24, 2.45) is 0 Å². The predicted octanol–water partition coefficient (Wildman–Crippen LogP) is 4.66. The van der Waals surface area contributed by atoms with Gasteiger partial charge in [-0.2, -0.15) is 0 Å². The van der Waals surface area contributed by atoms with E-state index < -0.39 is 0 Å². The molecule has 1 unspecified atom stereocenters. The van der Waals surface area contributed by atoms with Crippen LogP contribution in [0, 0.1) is 6.92 Å². The number of hydrogen-bond acceptors (Lipinski definition) is 4. The molecule has 1 saturated heterocycles. The van der Waals surface area contributed by atoms with Crippen molar-refractivity contribution in [2.75, 3.05) is 13.6 Å². The first kappa shape index (κ1) is 20.4. The predicted molar refractivity (Wildman–Crippen MR) is 118 cm³/mol. The first-order valence-electron chi connectivity index (χ1n) is 10.6. The molecule has 0 saturated carbocycles. The molecule has 2 heterocycles. The van der Waals surface area contributed by atoms with Crippen LogP contribution in [0.3, 0.4) is 0 Å². The summed E-state index contributed by atoms with van der Waals surface area (Å²) >= 11 is 0. The number of rotatable bonds is 6. The largest absolute Gasteiger partial charge is 0.356 e. The normalized spacial score (nSPS) is 17.4. The Morgan fingerprint density at radius 2 is 1.93 bits per heavy atom. The topological polar surface area (TPSA) is 49.6 Å². The van der Waals surface area contributed by atoms with Gasteiger partial charge in [-0.25, -0.2) is 0 Å². The molecular formula is C25H29N3O2. The lowest BCUT2D eigenvalue weighted by Gasteiger charge is -2.26. The van der Waals surface area contributed by atoms with Crippen LogP contribution in [-0.2, 0) is 17.9 Å². The summed E-state index contributed by atoms with van der Waals surface area (Å²) < 4.78 is 5.53. The monoisotopic (exact) mass is 403 g/mol. The smallest absolute Gasteiger partial charge is 0.222 e. The van der Waals surface area contributed by atoms with Gasteiger partial charge in [-0.3, -0.25) is 9.69 Å². The molecule has 0 spiro atoms. The summed E-state index contributed by atoms with van der Waals surface area (Å²) in [5.41, 5.74) is 4.38. The Bertz CT molecular complexity index is 983. The summed E-state index contributed by atoms with van der Waals surface area (Å²) in [6.07, 6.45) is 2.44. The van der Waals surface area contributed by atoms with E-state index in [1.165, 1.54) is 11.1 Å². The van der Waals surface area contributed by atoms with Crippen LogP contribution in [0.4, 0.5) is 0 Å². The van der Waals surface area contributed by atoms with Gasteiger partial charge in [-0.1, -0.05) is 65.3 Å². The average molecular weight is 404 g/mol. The fourth-order valence-corrected chi connectivity index (χ4v) is 4.17. The SMILES string of the molecule is Cc1cccc(CN2CCC(N(C)Cc3cc(-c4ccccc4)on3)CCC2=O)c1. The summed E-state index contributed by atoms with van der Waals surface area (Å²) in [5, 5.41) is 4.25. The molecule has 5 heteroatoms. The van der Waals surface area contributed by atoms with Gasteiger partial charge in [0.15, 0.2) is 5.76 Å². The minimum atomic E-state index is 0.250. The number of nitrogens with zero attached hydrogens (tertiary/aromatic N) is 3. The van der Waals surface area contributed by atoms with Crippen molar-refractivity contribution >= 4 is 5.91 Å². The van der Waals surface area contributed by atoms with Crippen molar-refractivity contribution in [1.82, 2.24) is 15.0 Å². The molecule has 4 rings (SSSR count). The first-order valence-corrected chi connectivity index (χ1v) is 10.6. The Morgan fingerprint density at radius 1 is 1.10 bits per heavy atom. The molecule has 0 radical (unpaired) electrons. The second-order valence-electron chi connectivity index (χ2n) is 8.25. The van der Waals surface area contributed by atoms with E-state index in [9.17, 15) is 4.79 Å². The summed E-state index contributed by atoms with van der Waals surface area (Å²) in [6, 6.07) is 20.8. The molecule has 156 valence electrons. The highest BCUT2D eigenvalue weighted by molar-refractivity contribution is 5.76. The van der Waals surface area contributed by atoms with Gasteiger partial charge in [-0.15, -0.1) is 0 Å². The lowest BCUT2D eigenvalue weighted by molar-refractivity contribution is -0.131. The van der Waals surface area contributed by atoms with Crippen LogP contribution in [0.1, 0.15) is 36.1 Å². The number of likely N-dealkylation sites (tertiary alicyclic amines) is 1. The van der Waals surface area contributed by atoms with Gasteiger partial charge in [0.2, 0.25) is 5.91 Å². The second-order valence-corrected chi connectivity index (χ2v) is 8.25. The Balaban J connectivity index is 1.36. The van der Waals surface area contributed by atoms with Crippen molar-refractivity contribution in [1.29, 1.82) is 0 Å². The molecule has 0 aliphatic carbocycles. The third-order valence-electron chi connectivity index (χ3n) is 5.88. The van der Waals surface area contributed by atoms with Crippen LogP contribution >= 0.6 is 0 Å². The van der Waals surface area contributed by atoms with Crippen molar-refractivity contribution < 1.29 is 9.32 Å². The third-order valence-corrected chi connectivity index (χ3v) is 5.88. The van der Waals surface area contributed by atoms with Crippen molar-refractivity contribution in [3.05, 3.63) is 77.5 Å². The van der Waals surface area contributed by atoms with E-state index >= 15 is 0 Å². The molecule has 0 bridgehead atoms. The molecule has 2 aromatic carbocycles. The van der Waals surface area contributed by atoms with E-state index in [2.05, 4.69) is 48.3 Å². The molecule has 1 atom stereocenters. The summed E-state index contributed by atoms with van der Waals surface area (Å²) in [7, 11) is 2.11. The van der Waals surface area contributed by atoms with E-state index in [0.717, 1.165) is 36.4 Å². The number of aryl methyl sites for hydroxylation is 1. The standard InChI is InChI=1S/C25H29N3O2/c1-19-7-6-8-20(15-19)17-28-14-13-23(11-12-25(28)29)27(2)18-22-16-24(30-26-22)21-9-4-3-5-10-21/h3-10,15-16,23H,11-14,17-18H2,1-2H3. The molecule has 1 amide bonds. The highest BCUT2D eigenvalue weighted by Crippen LogP contribution is 2.23. The molecule has 1 aromatic heterocycles. The number of carbonyl (C=O) groups is 1. The van der Waals surface area contributed by atoms with Gasteiger partial charge in [0.25, 0.3) is 0 Å². The van der Waals surface area contributed by atoms with E-state index in [0.29, 0.717) is 25.6 Å². The van der Waals surface area contributed by atoms with Crippen molar-refractivity contribution in [2.45, 2.75) is 45.3 Å². The molecule has 5 nitrogen and oxygen atoms in total. The number of amides is 1. The molecule has 1 aliphatic heterocycles. The number of benzene rings is 2. The van der Waals surface area contributed by atoms with Gasteiger partial charge >= 0.3 is 0 Å². The Kier molecular flexibility index (Phi) is 6.29. The molecule has 1 aliphatic rings. The van der Waals surface area contributed by atoms with E-state index in [1.807, 2.05) is 41.3 Å². The first-order chi connectivity index (χ1) is 14.6. The van der Waals surface area contributed by atoms with Gasteiger partial charge < -0.3 is 9.42 Å². The fraction of sp³-hybridized carbons (Fsp3) is 0.360. The van der Waals surface area contributed by atoms with E-state index in [-0.39, 0.29) is 5.91 Å². The molecule has 30 heavy (non-hydrogen) atoms. The Labute approximate surface area is 178 Å². The van der Waals surface area contributed by atoms with Crippen LogP contribution < -0.4 is 0 Å². The van der Waals surface area contributed by atoms with Crippen LogP contribution in [0.25, 0.3) is 11.3 Å². The lowest BCUT2D eigenvalue weighted by atomic mass is 10.1. The van der Waals surface area contributed by atoms with Crippen LogP contribution in [0.5, 0.6) is 0 Å². The van der Waals surface area contributed by atoms with E-state index in [4.69, 9.17) is 4.52 Å². The zero-order chi connectivity index (χ0) is 20.9. The summed E-state index contributed by atoms with van der Waals surface area (Å²) in [5.74, 6) is 1.04. The zero-order valence-electron chi connectivity index (χ0n) is 17.8. The van der Waals surface area contributed by atoms with Gasteiger partial charge in [0.05, 0.1) is 5.69 Å².